The summed E-state index contributed by atoms with van der Waals surface area (Å²) in [5.41, 5.74) is -2.63. The van der Waals surface area contributed by atoms with Gasteiger partial charge in [0.15, 0.2) is 0 Å². The van der Waals surface area contributed by atoms with Crippen LogP contribution in [0.3, 0.4) is 0 Å². The molecule has 0 saturated heterocycles. The van der Waals surface area contributed by atoms with E-state index in [1.54, 1.807) is 53.1 Å². The van der Waals surface area contributed by atoms with Crippen molar-refractivity contribution in [3.63, 3.8) is 0 Å². The second kappa shape index (κ2) is 9.74. The van der Waals surface area contributed by atoms with E-state index >= 15 is 0 Å². The summed E-state index contributed by atoms with van der Waals surface area (Å²) in [6.45, 7) is 0.263. The molecule has 1 aromatic heterocycles. The molecule has 0 aliphatic carbocycles. The first-order chi connectivity index (χ1) is 16.9. The SMILES string of the molecule is COC(=O)c1ccc(Cn2c(=O)n(Cc3ccc(C(F)(F)P(=O)(O)O)c(Br)c3)c3ccccc32)cc1. The Labute approximate surface area is 212 Å². The van der Waals surface area contributed by atoms with E-state index in [0.717, 1.165) is 11.6 Å². The van der Waals surface area contributed by atoms with Crippen LogP contribution < -0.4 is 5.69 Å². The fourth-order valence-corrected chi connectivity index (χ4v) is 5.20. The minimum Gasteiger partial charge on any atom is -0.465 e. The van der Waals surface area contributed by atoms with Crippen molar-refractivity contribution in [2.45, 2.75) is 18.8 Å². The number of alkyl halides is 2. The van der Waals surface area contributed by atoms with Crippen molar-refractivity contribution in [1.82, 2.24) is 9.13 Å². The predicted molar refractivity (Wildman–Crippen MR) is 132 cm³/mol. The number of carbonyl (C=O) groups excluding carboxylic acids is 1. The van der Waals surface area contributed by atoms with Crippen LogP contribution in [0.4, 0.5) is 8.78 Å². The summed E-state index contributed by atoms with van der Waals surface area (Å²) in [5, 5.41) is 0. The van der Waals surface area contributed by atoms with Gasteiger partial charge in [-0.25, -0.2) is 9.59 Å². The fraction of sp³-hybridized carbons (Fsp3) is 0.167. The summed E-state index contributed by atoms with van der Waals surface area (Å²) < 4.78 is 47.2. The number of halogens is 3. The third kappa shape index (κ3) is 4.79. The van der Waals surface area contributed by atoms with Gasteiger partial charge in [-0.15, -0.1) is 0 Å². The third-order valence-electron chi connectivity index (χ3n) is 5.70. The first-order valence-corrected chi connectivity index (χ1v) is 12.9. The first-order valence-electron chi connectivity index (χ1n) is 10.5. The van der Waals surface area contributed by atoms with Gasteiger partial charge in [0.2, 0.25) is 0 Å². The lowest BCUT2D eigenvalue weighted by Crippen LogP contribution is -2.25. The zero-order valence-corrected chi connectivity index (χ0v) is 21.2. The molecule has 36 heavy (non-hydrogen) atoms. The van der Waals surface area contributed by atoms with Crippen LogP contribution in [0.1, 0.15) is 27.0 Å². The molecule has 0 bridgehead atoms. The molecule has 0 unspecified atom stereocenters. The standard InChI is InChI=1S/C24H20BrF2N2O6P/c1-35-22(30)17-9-6-15(7-10-17)13-28-20-4-2-3-5-21(20)29(23(28)31)14-16-8-11-18(19(25)12-16)24(26,27)36(32,33)34/h2-12H,13-14H2,1H3,(H2,32,33,34). The number of nitrogens with zero attached hydrogens (tertiary/aromatic N) is 2. The highest BCUT2D eigenvalue weighted by Gasteiger charge is 2.51. The van der Waals surface area contributed by atoms with E-state index in [0.29, 0.717) is 22.2 Å². The van der Waals surface area contributed by atoms with Crippen molar-refractivity contribution in [2.24, 2.45) is 0 Å². The Balaban J connectivity index is 1.70. The van der Waals surface area contributed by atoms with Gasteiger partial charge >= 0.3 is 24.9 Å². The Morgan fingerprint density at radius 2 is 1.50 bits per heavy atom. The zero-order valence-electron chi connectivity index (χ0n) is 18.8. The number of hydrogen-bond donors (Lipinski definition) is 2. The number of methoxy groups -OCH3 is 1. The summed E-state index contributed by atoms with van der Waals surface area (Å²) in [6, 6.07) is 17.3. The number of hydrogen-bond acceptors (Lipinski definition) is 4. The molecular formula is C24H20BrF2N2O6P. The number of imidazole rings is 1. The molecule has 188 valence electrons. The van der Waals surface area contributed by atoms with Crippen molar-refractivity contribution in [3.05, 3.63) is 104 Å². The molecule has 8 nitrogen and oxygen atoms in total. The Morgan fingerprint density at radius 3 is 2.00 bits per heavy atom. The number of ether oxygens (including phenoxy) is 1. The van der Waals surface area contributed by atoms with Gasteiger partial charge in [0.25, 0.3) is 0 Å². The molecule has 0 spiro atoms. The third-order valence-corrected chi connectivity index (χ3v) is 7.33. The van der Waals surface area contributed by atoms with E-state index in [-0.39, 0.29) is 23.3 Å². The maximum Gasteiger partial charge on any atom is 0.399 e. The van der Waals surface area contributed by atoms with E-state index in [4.69, 9.17) is 14.5 Å². The molecular weight excluding hydrogens is 561 g/mol. The first kappa shape index (κ1) is 26.0. The van der Waals surface area contributed by atoms with Crippen molar-refractivity contribution in [1.29, 1.82) is 0 Å². The predicted octanol–water partition coefficient (Wildman–Crippen LogP) is 4.68. The van der Waals surface area contributed by atoms with E-state index in [9.17, 15) is 22.9 Å². The van der Waals surface area contributed by atoms with Gasteiger partial charge in [-0.3, -0.25) is 13.7 Å². The molecule has 0 atom stereocenters. The normalized spacial score (nSPS) is 12.2. The minimum absolute atomic E-state index is 0.0357. The van der Waals surface area contributed by atoms with Crippen LogP contribution in [-0.2, 0) is 28.1 Å². The zero-order chi connectivity index (χ0) is 26.3. The monoisotopic (exact) mass is 580 g/mol. The number of fused-ring (bicyclic) bond motifs is 1. The molecule has 0 aliphatic rings. The summed E-state index contributed by atoms with van der Waals surface area (Å²) >= 11 is 2.98. The molecule has 2 N–H and O–H groups in total. The van der Waals surface area contributed by atoms with Gasteiger partial charge in [0.05, 0.1) is 36.8 Å². The van der Waals surface area contributed by atoms with E-state index in [2.05, 4.69) is 15.9 Å². The highest BCUT2D eigenvalue weighted by atomic mass is 79.9. The molecule has 4 aromatic rings. The van der Waals surface area contributed by atoms with Crippen molar-refractivity contribution in [3.8, 4) is 0 Å². The van der Waals surface area contributed by atoms with Gasteiger partial charge < -0.3 is 14.5 Å². The lowest BCUT2D eigenvalue weighted by molar-refractivity contribution is 0.0557. The molecule has 0 saturated carbocycles. The Hall–Kier alpha value is -3.11. The lowest BCUT2D eigenvalue weighted by atomic mass is 10.1. The van der Waals surface area contributed by atoms with Crippen molar-refractivity contribution >= 4 is 40.5 Å². The molecule has 0 amide bonds. The van der Waals surface area contributed by atoms with Crippen LogP contribution in [0, 0.1) is 0 Å². The van der Waals surface area contributed by atoms with Crippen LogP contribution in [0.2, 0.25) is 0 Å². The average Bonchev–Trinajstić information content (AvgIpc) is 3.09. The number of carbonyl (C=O) groups is 1. The van der Waals surface area contributed by atoms with Crippen LogP contribution in [0.25, 0.3) is 11.0 Å². The molecule has 1 heterocycles. The van der Waals surface area contributed by atoms with Crippen molar-refractivity contribution < 1.29 is 32.7 Å². The largest absolute Gasteiger partial charge is 0.465 e. The second-order valence-electron chi connectivity index (χ2n) is 8.03. The van der Waals surface area contributed by atoms with Gasteiger partial charge in [-0.05, 0) is 41.5 Å². The number of aromatic nitrogens is 2. The molecule has 0 fully saturated rings. The molecule has 0 radical (unpaired) electrons. The summed E-state index contributed by atoms with van der Waals surface area (Å²) in [7, 11) is -4.44. The van der Waals surface area contributed by atoms with Gasteiger partial charge in [-0.1, -0.05) is 52.3 Å². The highest BCUT2D eigenvalue weighted by Crippen LogP contribution is 2.60. The number of benzene rings is 3. The summed E-state index contributed by atoms with van der Waals surface area (Å²) in [5.74, 6) is -0.467. The molecule has 3 aromatic carbocycles. The van der Waals surface area contributed by atoms with Gasteiger partial charge in [0.1, 0.15) is 0 Å². The summed E-state index contributed by atoms with van der Waals surface area (Å²) in [6.07, 6.45) is 0. The number of para-hydroxylation sites is 2. The Bertz CT molecular complexity index is 1560. The topological polar surface area (TPSA) is 111 Å². The van der Waals surface area contributed by atoms with Crippen LogP contribution in [0.15, 0.2) is 76.0 Å². The number of rotatable bonds is 7. The highest BCUT2D eigenvalue weighted by molar-refractivity contribution is 9.10. The quantitative estimate of drug-likeness (QED) is 0.243. The van der Waals surface area contributed by atoms with Crippen LogP contribution in [0.5, 0.6) is 0 Å². The summed E-state index contributed by atoms with van der Waals surface area (Å²) in [4.78, 5) is 43.1. The minimum atomic E-state index is -5.73. The molecule has 12 heteroatoms. The maximum absolute atomic E-state index is 14.2. The van der Waals surface area contributed by atoms with E-state index in [1.807, 2.05) is 0 Å². The maximum atomic E-state index is 14.2. The molecule has 4 rings (SSSR count). The molecule has 0 aliphatic heterocycles. The van der Waals surface area contributed by atoms with Crippen molar-refractivity contribution in [2.75, 3.05) is 7.11 Å². The smallest absolute Gasteiger partial charge is 0.399 e. The van der Waals surface area contributed by atoms with Gasteiger partial charge in [-0.2, -0.15) is 8.78 Å². The van der Waals surface area contributed by atoms with E-state index < -0.39 is 24.8 Å². The Morgan fingerprint density at radius 1 is 0.972 bits per heavy atom. The Kier molecular flexibility index (Phi) is 7.03. The second-order valence-corrected chi connectivity index (χ2v) is 10.5. The number of esters is 1. The van der Waals surface area contributed by atoms with E-state index in [1.165, 1.54) is 23.8 Å². The fourth-order valence-electron chi connectivity index (χ4n) is 3.87. The van der Waals surface area contributed by atoms with Crippen LogP contribution in [-0.4, -0.2) is 32.0 Å². The average molecular weight is 581 g/mol. The van der Waals surface area contributed by atoms with Crippen LogP contribution >= 0.6 is 23.5 Å². The lowest BCUT2D eigenvalue weighted by Gasteiger charge is -2.19. The van der Waals surface area contributed by atoms with Gasteiger partial charge in [0, 0.05) is 10.0 Å².